The third-order valence-electron chi connectivity index (χ3n) is 7.26. The number of anilines is 1. The number of aromatic nitrogens is 2. The number of piperidine rings is 2. The summed E-state index contributed by atoms with van der Waals surface area (Å²) >= 11 is 3.47. The Balaban J connectivity index is 1.22. The van der Waals surface area contributed by atoms with E-state index in [0.29, 0.717) is 21.9 Å². The maximum absolute atomic E-state index is 12.7. The topological polar surface area (TPSA) is 70.9 Å². The number of fused-ring (bicyclic) bond motifs is 1. The lowest BCUT2D eigenvalue weighted by Gasteiger charge is -2.36. The van der Waals surface area contributed by atoms with Gasteiger partial charge in [0.1, 0.15) is 21.7 Å². The summed E-state index contributed by atoms with van der Waals surface area (Å²) in [4.78, 5) is 19.8. The number of likely N-dealkylation sites (tertiary alicyclic amines) is 1. The first-order valence-corrected chi connectivity index (χ1v) is 13.4. The van der Waals surface area contributed by atoms with E-state index in [1.54, 1.807) is 10.6 Å². The van der Waals surface area contributed by atoms with Crippen molar-refractivity contribution < 1.29 is 4.74 Å². The molecule has 1 aromatic carbocycles. The molecule has 2 aliphatic heterocycles. The van der Waals surface area contributed by atoms with E-state index >= 15 is 0 Å². The average molecular weight is 541 g/mol. The van der Waals surface area contributed by atoms with Gasteiger partial charge in [-0.05, 0) is 103 Å². The first-order chi connectivity index (χ1) is 17.1. The molecule has 5 rings (SSSR count). The van der Waals surface area contributed by atoms with Crippen molar-refractivity contribution in [2.75, 3.05) is 45.2 Å². The molecule has 2 aliphatic rings. The summed E-state index contributed by atoms with van der Waals surface area (Å²) in [5.41, 5.74) is 1.86. The molecule has 35 heavy (non-hydrogen) atoms. The van der Waals surface area contributed by atoms with E-state index in [-0.39, 0.29) is 11.6 Å². The van der Waals surface area contributed by atoms with Crippen molar-refractivity contribution in [2.45, 2.75) is 37.6 Å². The first-order valence-electron chi connectivity index (χ1n) is 12.6. The number of benzene rings is 1. The van der Waals surface area contributed by atoms with Gasteiger partial charge < -0.3 is 20.3 Å². The SMILES string of the molecule is CN1C[C@H](Nc2nc3ccccn3c(=O)c2Br)C[C@H](c2ccc(OCCC3CCNCC3)cc2)C1. The Morgan fingerprint density at radius 2 is 1.94 bits per heavy atom. The molecule has 186 valence electrons. The number of nitrogens with one attached hydrogen (secondary N) is 2. The third-order valence-corrected chi connectivity index (χ3v) is 7.97. The number of ether oxygens (including phenoxy) is 1. The molecule has 3 aromatic rings. The number of halogens is 1. The molecule has 2 N–H and O–H groups in total. The van der Waals surface area contributed by atoms with E-state index in [1.165, 1.54) is 18.4 Å². The monoisotopic (exact) mass is 539 g/mol. The van der Waals surface area contributed by atoms with E-state index < -0.39 is 0 Å². The molecule has 8 heteroatoms. The van der Waals surface area contributed by atoms with Gasteiger partial charge in [-0.15, -0.1) is 0 Å². The van der Waals surface area contributed by atoms with Crippen LogP contribution in [0.15, 0.2) is 57.9 Å². The molecular formula is C27H34BrN5O2. The summed E-state index contributed by atoms with van der Waals surface area (Å²) in [5.74, 6) is 2.74. The lowest BCUT2D eigenvalue weighted by atomic mass is 9.88. The van der Waals surface area contributed by atoms with E-state index in [9.17, 15) is 4.79 Å². The zero-order valence-electron chi connectivity index (χ0n) is 20.3. The molecule has 0 bridgehead atoms. The summed E-state index contributed by atoms with van der Waals surface area (Å²) in [7, 11) is 2.15. The fourth-order valence-corrected chi connectivity index (χ4v) is 5.77. The molecule has 2 atom stereocenters. The van der Waals surface area contributed by atoms with Crippen LogP contribution in [-0.4, -0.2) is 60.2 Å². The van der Waals surface area contributed by atoms with Gasteiger partial charge in [0.05, 0.1) is 6.61 Å². The highest BCUT2D eigenvalue weighted by Gasteiger charge is 2.27. The second kappa shape index (κ2) is 11.1. The van der Waals surface area contributed by atoms with Gasteiger partial charge in [0.15, 0.2) is 0 Å². The summed E-state index contributed by atoms with van der Waals surface area (Å²) in [6.45, 7) is 4.96. The highest BCUT2D eigenvalue weighted by molar-refractivity contribution is 9.10. The zero-order chi connectivity index (χ0) is 24.2. The number of hydrogen-bond donors (Lipinski definition) is 2. The third kappa shape index (κ3) is 5.88. The fourth-order valence-electron chi connectivity index (χ4n) is 5.37. The number of hydrogen-bond acceptors (Lipinski definition) is 6. The van der Waals surface area contributed by atoms with Gasteiger partial charge in [-0.1, -0.05) is 18.2 Å². The second-order valence-electron chi connectivity index (χ2n) is 9.90. The molecule has 0 unspecified atom stereocenters. The van der Waals surface area contributed by atoms with Crippen LogP contribution in [0.1, 0.15) is 37.2 Å². The number of pyridine rings is 1. The highest BCUT2D eigenvalue weighted by Crippen LogP contribution is 2.30. The van der Waals surface area contributed by atoms with Crippen LogP contribution in [0.25, 0.3) is 5.65 Å². The van der Waals surface area contributed by atoms with Crippen LogP contribution in [0.3, 0.4) is 0 Å². The van der Waals surface area contributed by atoms with Crippen molar-refractivity contribution >= 4 is 27.4 Å². The Hall–Kier alpha value is -2.42. The van der Waals surface area contributed by atoms with Crippen molar-refractivity contribution in [3.63, 3.8) is 0 Å². The van der Waals surface area contributed by atoms with Gasteiger partial charge in [-0.2, -0.15) is 0 Å². The molecule has 0 radical (unpaired) electrons. The predicted octanol–water partition coefficient (Wildman–Crippen LogP) is 4.13. The molecule has 2 fully saturated rings. The molecule has 0 saturated carbocycles. The van der Waals surface area contributed by atoms with Crippen LogP contribution < -0.4 is 20.9 Å². The van der Waals surface area contributed by atoms with E-state index in [0.717, 1.165) is 57.3 Å². The van der Waals surface area contributed by atoms with Gasteiger partial charge >= 0.3 is 0 Å². The van der Waals surface area contributed by atoms with Gasteiger partial charge in [0.25, 0.3) is 5.56 Å². The average Bonchev–Trinajstić information content (AvgIpc) is 2.88. The van der Waals surface area contributed by atoms with Gasteiger partial charge in [-0.3, -0.25) is 9.20 Å². The van der Waals surface area contributed by atoms with E-state index in [4.69, 9.17) is 9.72 Å². The maximum Gasteiger partial charge on any atom is 0.274 e. The molecule has 7 nitrogen and oxygen atoms in total. The van der Waals surface area contributed by atoms with E-state index in [2.05, 4.69) is 62.8 Å². The summed E-state index contributed by atoms with van der Waals surface area (Å²) < 4.78 is 8.07. The quantitative estimate of drug-likeness (QED) is 0.470. The Morgan fingerprint density at radius 3 is 2.74 bits per heavy atom. The number of likely N-dealkylation sites (N-methyl/N-ethyl adjacent to an activating group) is 1. The van der Waals surface area contributed by atoms with Gasteiger partial charge in [0.2, 0.25) is 0 Å². The highest BCUT2D eigenvalue weighted by atomic mass is 79.9. The largest absolute Gasteiger partial charge is 0.494 e. The molecule has 4 heterocycles. The summed E-state index contributed by atoms with van der Waals surface area (Å²) in [6, 6.07) is 14.4. The zero-order valence-corrected chi connectivity index (χ0v) is 21.8. The minimum absolute atomic E-state index is 0.102. The van der Waals surface area contributed by atoms with Crippen LogP contribution in [0.4, 0.5) is 5.82 Å². The lowest BCUT2D eigenvalue weighted by Crippen LogP contribution is -2.43. The van der Waals surface area contributed by atoms with Crippen molar-refractivity contribution in [1.82, 2.24) is 19.6 Å². The summed E-state index contributed by atoms with van der Waals surface area (Å²) in [6.07, 6.45) is 6.36. The van der Waals surface area contributed by atoms with Crippen LogP contribution in [0.2, 0.25) is 0 Å². The normalized spacial score (nSPS) is 21.8. The molecule has 0 spiro atoms. The molecule has 2 saturated heterocycles. The Morgan fingerprint density at radius 1 is 1.14 bits per heavy atom. The second-order valence-corrected chi connectivity index (χ2v) is 10.7. The van der Waals surface area contributed by atoms with Crippen LogP contribution in [0.5, 0.6) is 5.75 Å². The smallest absolute Gasteiger partial charge is 0.274 e. The van der Waals surface area contributed by atoms with E-state index in [1.807, 2.05) is 18.2 Å². The Labute approximate surface area is 215 Å². The predicted molar refractivity (Wildman–Crippen MR) is 144 cm³/mol. The summed E-state index contributed by atoms with van der Waals surface area (Å²) in [5, 5.41) is 6.96. The van der Waals surface area contributed by atoms with Gasteiger partial charge in [-0.25, -0.2) is 4.98 Å². The van der Waals surface area contributed by atoms with Crippen molar-refractivity contribution in [1.29, 1.82) is 0 Å². The first kappa shape index (κ1) is 24.3. The van der Waals surface area contributed by atoms with Crippen molar-refractivity contribution in [2.24, 2.45) is 5.92 Å². The number of nitrogens with zero attached hydrogens (tertiary/aromatic N) is 3. The van der Waals surface area contributed by atoms with Crippen LogP contribution in [-0.2, 0) is 0 Å². The molecule has 2 aromatic heterocycles. The standard InChI is InChI=1S/C27H34BrN5O2/c1-32-17-21(20-5-7-23(8-6-20)35-15-11-19-9-12-29-13-10-19)16-22(18-32)30-26-25(28)27(34)33-14-3-2-4-24(33)31-26/h2-8,14,19,21-22,29-30H,9-13,15-18H2,1H3/t21-,22+/m0/s1. The van der Waals surface area contributed by atoms with Gasteiger partial charge in [0, 0.05) is 25.3 Å². The van der Waals surface area contributed by atoms with Crippen molar-refractivity contribution in [3.8, 4) is 5.75 Å². The molecule has 0 aliphatic carbocycles. The molecular weight excluding hydrogens is 506 g/mol. The minimum atomic E-state index is -0.102. The Kier molecular flexibility index (Phi) is 7.70. The fraction of sp³-hybridized carbons (Fsp3) is 0.481. The van der Waals surface area contributed by atoms with Crippen LogP contribution in [0, 0.1) is 5.92 Å². The lowest BCUT2D eigenvalue weighted by molar-refractivity contribution is 0.235. The maximum atomic E-state index is 12.7. The minimum Gasteiger partial charge on any atom is -0.494 e. The van der Waals surface area contributed by atoms with Crippen molar-refractivity contribution in [3.05, 3.63) is 69.1 Å². The Bertz CT molecular complexity index is 1190. The van der Waals surface area contributed by atoms with Crippen LogP contribution >= 0.6 is 15.9 Å². The molecule has 0 amide bonds. The number of rotatable bonds is 7.